The van der Waals surface area contributed by atoms with Crippen LogP contribution in [0.3, 0.4) is 0 Å². The van der Waals surface area contributed by atoms with Gasteiger partial charge in [0, 0.05) is 23.8 Å². The summed E-state index contributed by atoms with van der Waals surface area (Å²) in [7, 11) is 0. The molecule has 1 atom stereocenters. The van der Waals surface area contributed by atoms with E-state index in [1.807, 2.05) is 24.3 Å². The molecular weight excluding hydrogens is 534 g/mol. The molecule has 0 aliphatic rings. The zero-order valence-electron chi connectivity index (χ0n) is 26.1. The van der Waals surface area contributed by atoms with Crippen molar-refractivity contribution in [2.24, 2.45) is 4.99 Å². The Morgan fingerprint density at radius 3 is 2.19 bits per heavy atom. The van der Waals surface area contributed by atoms with Crippen molar-refractivity contribution in [3.63, 3.8) is 0 Å². The van der Waals surface area contributed by atoms with Gasteiger partial charge in [-0.2, -0.15) is 0 Å². The number of aliphatic imine (C=N–C) groups is 1. The van der Waals surface area contributed by atoms with Crippen LogP contribution in [0.25, 0.3) is 0 Å². The summed E-state index contributed by atoms with van der Waals surface area (Å²) in [6.07, 6.45) is 16.0. The van der Waals surface area contributed by atoms with Gasteiger partial charge >= 0.3 is 5.97 Å². The lowest BCUT2D eigenvalue weighted by atomic mass is 10.1. The summed E-state index contributed by atoms with van der Waals surface area (Å²) in [6.45, 7) is 6.51. The van der Waals surface area contributed by atoms with Crippen molar-refractivity contribution in [3.8, 4) is 29.1 Å². The van der Waals surface area contributed by atoms with Crippen molar-refractivity contribution in [2.45, 2.75) is 104 Å². The number of esters is 1. The Morgan fingerprint density at radius 2 is 1.49 bits per heavy atom. The van der Waals surface area contributed by atoms with Crippen LogP contribution in [0.2, 0.25) is 0 Å². The number of rotatable bonds is 17. The quantitative estimate of drug-likeness (QED) is 0.0566. The molecule has 0 amide bonds. The standard InChI is InChI=1S/C38H47NO4/c1-4-6-8-10-11-12-13-15-17-31-18-19-33(37(40)28-31)29-39-34-22-26-36(27-23-34)43-38(41)32-20-24-35(25-21-32)42-30(3)16-14-9-7-5-2/h18-30,40H,4-14,16H2,1-3H3. The number of carbonyl (C=O) groups is 1. The Bertz CT molecular complexity index is 1330. The second-order valence-corrected chi connectivity index (χ2v) is 11.0. The van der Waals surface area contributed by atoms with Gasteiger partial charge in [-0.15, -0.1) is 0 Å². The molecule has 0 heterocycles. The SMILES string of the molecule is CCCCCCCCC#Cc1ccc(C=Nc2ccc(OC(=O)c3ccc(OC(C)CCCCCC)cc3)cc2)c(O)c1. The zero-order chi connectivity index (χ0) is 30.7. The summed E-state index contributed by atoms with van der Waals surface area (Å²) >= 11 is 0. The molecule has 0 aliphatic heterocycles. The average molecular weight is 582 g/mol. The number of benzene rings is 3. The number of carbonyl (C=O) groups excluding carboxylic acids is 1. The zero-order valence-corrected chi connectivity index (χ0v) is 26.1. The molecule has 0 bridgehead atoms. The number of nitrogens with zero attached hydrogens (tertiary/aromatic N) is 1. The van der Waals surface area contributed by atoms with Gasteiger partial charge < -0.3 is 14.6 Å². The molecule has 0 saturated heterocycles. The largest absolute Gasteiger partial charge is 0.507 e. The van der Waals surface area contributed by atoms with Crippen LogP contribution in [-0.2, 0) is 0 Å². The molecule has 5 nitrogen and oxygen atoms in total. The Labute approximate surface area is 258 Å². The van der Waals surface area contributed by atoms with E-state index in [4.69, 9.17) is 9.47 Å². The van der Waals surface area contributed by atoms with Crippen LogP contribution in [0.15, 0.2) is 71.7 Å². The lowest BCUT2D eigenvalue weighted by Crippen LogP contribution is -2.12. The number of hydrogen-bond acceptors (Lipinski definition) is 5. The van der Waals surface area contributed by atoms with E-state index in [-0.39, 0.29) is 11.9 Å². The first-order valence-electron chi connectivity index (χ1n) is 15.9. The minimum Gasteiger partial charge on any atom is -0.507 e. The normalized spacial score (nSPS) is 11.6. The van der Waals surface area contributed by atoms with Crippen LogP contribution < -0.4 is 9.47 Å². The molecule has 0 fully saturated rings. The van der Waals surface area contributed by atoms with Crippen molar-refractivity contribution < 1.29 is 19.4 Å². The van der Waals surface area contributed by atoms with Gasteiger partial charge in [0.25, 0.3) is 0 Å². The fraction of sp³-hybridized carbons (Fsp3) is 0.421. The number of phenolic OH excluding ortho intramolecular Hbond substituents is 1. The number of aromatic hydroxyl groups is 1. The monoisotopic (exact) mass is 581 g/mol. The molecule has 5 heteroatoms. The Morgan fingerprint density at radius 1 is 0.837 bits per heavy atom. The third-order valence-corrected chi connectivity index (χ3v) is 7.21. The second kappa shape index (κ2) is 19.2. The molecule has 1 unspecified atom stereocenters. The van der Waals surface area contributed by atoms with E-state index in [0.29, 0.717) is 22.6 Å². The van der Waals surface area contributed by atoms with Crippen LogP contribution in [-0.4, -0.2) is 23.4 Å². The van der Waals surface area contributed by atoms with Gasteiger partial charge in [-0.05, 0) is 92.9 Å². The predicted molar refractivity (Wildman–Crippen MR) is 177 cm³/mol. The van der Waals surface area contributed by atoms with Crippen molar-refractivity contribution in [1.29, 1.82) is 0 Å². The summed E-state index contributed by atoms with van der Waals surface area (Å²) in [5.41, 5.74) is 2.53. The molecular formula is C38H47NO4. The number of hydrogen-bond donors (Lipinski definition) is 1. The third-order valence-electron chi connectivity index (χ3n) is 7.21. The molecule has 3 aromatic carbocycles. The lowest BCUT2D eigenvalue weighted by Gasteiger charge is -2.14. The van der Waals surface area contributed by atoms with Gasteiger partial charge in [0.1, 0.15) is 17.2 Å². The molecule has 0 spiro atoms. The van der Waals surface area contributed by atoms with E-state index < -0.39 is 5.97 Å². The maximum atomic E-state index is 12.6. The topological polar surface area (TPSA) is 68.1 Å². The van der Waals surface area contributed by atoms with Crippen molar-refractivity contribution in [2.75, 3.05) is 0 Å². The molecule has 0 aliphatic carbocycles. The Hall–Kier alpha value is -4.04. The van der Waals surface area contributed by atoms with Gasteiger partial charge in [0.2, 0.25) is 0 Å². The van der Waals surface area contributed by atoms with Gasteiger partial charge in [-0.1, -0.05) is 77.1 Å². The minimum atomic E-state index is -0.435. The first-order chi connectivity index (χ1) is 21.0. The van der Waals surface area contributed by atoms with Crippen LogP contribution in [0.5, 0.6) is 17.2 Å². The van der Waals surface area contributed by atoms with Crippen LogP contribution in [0, 0.1) is 11.8 Å². The van der Waals surface area contributed by atoms with E-state index in [1.54, 1.807) is 48.7 Å². The summed E-state index contributed by atoms with van der Waals surface area (Å²) in [6, 6.07) is 19.4. The molecule has 3 aromatic rings. The number of phenols is 1. The fourth-order valence-corrected chi connectivity index (χ4v) is 4.62. The highest BCUT2D eigenvalue weighted by molar-refractivity contribution is 5.91. The maximum Gasteiger partial charge on any atom is 0.343 e. The highest BCUT2D eigenvalue weighted by Crippen LogP contribution is 2.22. The van der Waals surface area contributed by atoms with Crippen LogP contribution >= 0.6 is 0 Å². The number of ether oxygens (including phenoxy) is 2. The van der Waals surface area contributed by atoms with Crippen LogP contribution in [0.4, 0.5) is 5.69 Å². The van der Waals surface area contributed by atoms with Gasteiger partial charge in [-0.25, -0.2) is 4.79 Å². The van der Waals surface area contributed by atoms with Gasteiger partial charge in [0.15, 0.2) is 0 Å². The third kappa shape index (κ3) is 12.8. The minimum absolute atomic E-state index is 0.137. The molecule has 228 valence electrons. The van der Waals surface area contributed by atoms with E-state index >= 15 is 0 Å². The summed E-state index contributed by atoms with van der Waals surface area (Å²) in [5.74, 6) is 7.23. The van der Waals surface area contributed by atoms with E-state index in [9.17, 15) is 9.90 Å². The summed E-state index contributed by atoms with van der Waals surface area (Å²) < 4.78 is 11.5. The highest BCUT2D eigenvalue weighted by atomic mass is 16.5. The molecule has 0 saturated carbocycles. The van der Waals surface area contributed by atoms with Gasteiger partial charge in [-0.3, -0.25) is 4.99 Å². The van der Waals surface area contributed by atoms with Gasteiger partial charge in [0.05, 0.1) is 17.4 Å². The fourth-order valence-electron chi connectivity index (χ4n) is 4.62. The van der Waals surface area contributed by atoms with Crippen molar-refractivity contribution in [1.82, 2.24) is 0 Å². The van der Waals surface area contributed by atoms with E-state index in [2.05, 4.69) is 37.6 Å². The Kier molecular flexibility index (Phi) is 14.9. The lowest BCUT2D eigenvalue weighted by molar-refractivity contribution is 0.0734. The Balaban J connectivity index is 1.45. The second-order valence-electron chi connectivity index (χ2n) is 11.0. The number of unbranched alkanes of at least 4 members (excludes halogenated alkanes) is 9. The van der Waals surface area contributed by atoms with E-state index in [0.717, 1.165) is 37.0 Å². The van der Waals surface area contributed by atoms with Crippen LogP contribution in [0.1, 0.15) is 119 Å². The maximum absolute atomic E-state index is 12.6. The predicted octanol–water partition coefficient (Wildman–Crippen LogP) is 10.2. The molecule has 0 radical (unpaired) electrons. The average Bonchev–Trinajstić information content (AvgIpc) is 3.01. The first-order valence-corrected chi connectivity index (χ1v) is 15.9. The smallest absolute Gasteiger partial charge is 0.343 e. The highest BCUT2D eigenvalue weighted by Gasteiger charge is 2.10. The molecule has 43 heavy (non-hydrogen) atoms. The summed E-state index contributed by atoms with van der Waals surface area (Å²) in [4.78, 5) is 17.1. The molecule has 1 N–H and O–H groups in total. The van der Waals surface area contributed by atoms with E-state index in [1.165, 1.54) is 51.4 Å². The molecule has 3 rings (SSSR count). The summed E-state index contributed by atoms with van der Waals surface area (Å²) in [5, 5.41) is 10.4. The first kappa shape index (κ1) is 33.5. The molecule has 0 aromatic heterocycles. The van der Waals surface area contributed by atoms with Crippen molar-refractivity contribution in [3.05, 3.63) is 83.4 Å². The van der Waals surface area contributed by atoms with Crippen molar-refractivity contribution >= 4 is 17.9 Å².